The van der Waals surface area contributed by atoms with Crippen molar-refractivity contribution in [3.05, 3.63) is 64.8 Å². The Morgan fingerprint density at radius 1 is 1.11 bits per heavy atom. The second-order valence-corrected chi connectivity index (χ2v) is 4.95. The topological polar surface area (TPSA) is 0 Å². The number of allylic oxidation sites excluding steroid dienone is 5. The zero-order valence-corrected chi connectivity index (χ0v) is 10.2. The van der Waals surface area contributed by atoms with Gasteiger partial charge in [-0.15, -0.1) is 0 Å². The molecule has 98 valence electrons. The second-order valence-electron chi connectivity index (χ2n) is 4.95. The van der Waals surface area contributed by atoms with Crippen LogP contribution in [-0.4, -0.2) is 6.18 Å². The quantitative estimate of drug-likeness (QED) is 0.688. The van der Waals surface area contributed by atoms with Crippen molar-refractivity contribution in [3.8, 4) is 0 Å². The van der Waals surface area contributed by atoms with Gasteiger partial charge in [-0.05, 0) is 35.1 Å². The third-order valence-electron chi connectivity index (χ3n) is 3.66. The fourth-order valence-corrected chi connectivity index (χ4v) is 2.57. The summed E-state index contributed by atoms with van der Waals surface area (Å²) in [6.07, 6.45) is 3.38. The van der Waals surface area contributed by atoms with Crippen molar-refractivity contribution in [2.75, 3.05) is 0 Å². The molecule has 1 aromatic carbocycles. The van der Waals surface area contributed by atoms with Crippen molar-refractivity contribution in [1.29, 1.82) is 0 Å². The molecule has 0 saturated heterocycles. The van der Waals surface area contributed by atoms with Gasteiger partial charge >= 0.3 is 6.18 Å². The normalized spacial score (nSPS) is 21.9. The molecule has 0 radical (unpaired) electrons. The van der Waals surface area contributed by atoms with E-state index >= 15 is 0 Å². The van der Waals surface area contributed by atoms with Crippen LogP contribution in [0.25, 0.3) is 6.08 Å². The van der Waals surface area contributed by atoms with Crippen LogP contribution in [0.4, 0.5) is 13.2 Å². The summed E-state index contributed by atoms with van der Waals surface area (Å²) in [4.78, 5) is 0. The van der Waals surface area contributed by atoms with Gasteiger partial charge in [0, 0.05) is 0 Å². The van der Waals surface area contributed by atoms with Gasteiger partial charge < -0.3 is 0 Å². The Kier molecular flexibility index (Phi) is 2.85. The fourth-order valence-electron chi connectivity index (χ4n) is 2.57. The molecule has 0 amide bonds. The molecule has 3 heteroatoms. The summed E-state index contributed by atoms with van der Waals surface area (Å²) < 4.78 is 37.7. The van der Waals surface area contributed by atoms with Crippen LogP contribution in [-0.2, 0) is 6.42 Å². The van der Waals surface area contributed by atoms with E-state index in [0.717, 1.165) is 17.6 Å². The lowest BCUT2D eigenvalue weighted by Gasteiger charge is -2.19. The van der Waals surface area contributed by atoms with Crippen molar-refractivity contribution >= 4 is 6.08 Å². The van der Waals surface area contributed by atoms with E-state index in [1.165, 1.54) is 17.2 Å². The maximum Gasteiger partial charge on any atom is 0.395 e. The molecule has 0 N–H and O–H groups in total. The summed E-state index contributed by atoms with van der Waals surface area (Å²) in [7, 11) is 0. The van der Waals surface area contributed by atoms with Crippen LogP contribution < -0.4 is 0 Å². The predicted molar refractivity (Wildman–Crippen MR) is 69.5 cm³/mol. The average molecular weight is 262 g/mol. The highest BCUT2D eigenvalue weighted by atomic mass is 19.4. The molecule has 0 aliphatic heterocycles. The number of benzene rings is 1. The number of rotatable bonds is 1. The molecule has 0 fully saturated rings. The van der Waals surface area contributed by atoms with E-state index in [1.807, 2.05) is 18.2 Å². The highest BCUT2D eigenvalue weighted by Gasteiger charge is 2.37. The molecule has 0 aromatic heterocycles. The number of fused-ring (bicyclic) bond motifs is 1. The lowest BCUT2D eigenvalue weighted by molar-refractivity contribution is -0.160. The highest BCUT2D eigenvalue weighted by molar-refractivity contribution is 5.69. The van der Waals surface area contributed by atoms with E-state index in [1.54, 1.807) is 12.2 Å². The molecule has 0 heterocycles. The summed E-state index contributed by atoms with van der Waals surface area (Å²) in [6.45, 7) is 0. The summed E-state index contributed by atoms with van der Waals surface area (Å²) in [5, 5.41) is 0. The standard InChI is InChI=1S/C16H13F3/c17-16(18,19)15-7-5-11(6-8-15)14-9-12-3-1-2-4-13(12)10-14/h1-7,9,15H,8,10H2. The number of alkyl halides is 3. The molecular weight excluding hydrogens is 249 g/mol. The molecular formula is C16H13F3. The first-order valence-corrected chi connectivity index (χ1v) is 6.28. The Hall–Kier alpha value is -1.77. The van der Waals surface area contributed by atoms with Gasteiger partial charge in [-0.1, -0.05) is 48.6 Å². The molecule has 1 atom stereocenters. The lowest BCUT2D eigenvalue weighted by Crippen LogP contribution is -2.21. The van der Waals surface area contributed by atoms with Gasteiger partial charge in [-0.3, -0.25) is 0 Å². The minimum Gasteiger partial charge on any atom is -0.170 e. The van der Waals surface area contributed by atoms with E-state index in [9.17, 15) is 13.2 Å². The zero-order chi connectivity index (χ0) is 13.5. The minimum atomic E-state index is -4.13. The van der Waals surface area contributed by atoms with Crippen molar-refractivity contribution < 1.29 is 13.2 Å². The van der Waals surface area contributed by atoms with Crippen molar-refractivity contribution in [2.45, 2.75) is 19.0 Å². The van der Waals surface area contributed by atoms with E-state index in [2.05, 4.69) is 12.1 Å². The first kappa shape index (κ1) is 12.3. The van der Waals surface area contributed by atoms with Gasteiger partial charge in [0.25, 0.3) is 0 Å². The molecule has 0 bridgehead atoms. The molecule has 0 nitrogen and oxygen atoms in total. The number of hydrogen-bond acceptors (Lipinski definition) is 0. The Labute approximate surface area is 109 Å². The maximum atomic E-state index is 12.6. The van der Waals surface area contributed by atoms with E-state index in [0.29, 0.717) is 0 Å². The van der Waals surface area contributed by atoms with Crippen LogP contribution in [0, 0.1) is 5.92 Å². The third-order valence-corrected chi connectivity index (χ3v) is 3.66. The molecule has 0 saturated carbocycles. The van der Waals surface area contributed by atoms with Crippen molar-refractivity contribution in [2.24, 2.45) is 5.92 Å². The van der Waals surface area contributed by atoms with Crippen LogP contribution in [0.1, 0.15) is 17.5 Å². The summed E-state index contributed by atoms with van der Waals surface area (Å²) >= 11 is 0. The van der Waals surface area contributed by atoms with Crippen molar-refractivity contribution in [3.63, 3.8) is 0 Å². The molecule has 2 aliphatic carbocycles. The Bertz CT molecular complexity index is 588. The molecule has 19 heavy (non-hydrogen) atoms. The molecule has 2 aliphatic rings. The SMILES string of the molecule is FC(F)(F)C1C=CC(C2=Cc3ccccc3C2)=CC1. The third kappa shape index (κ3) is 2.37. The molecule has 0 spiro atoms. The molecule has 1 unspecified atom stereocenters. The highest BCUT2D eigenvalue weighted by Crippen LogP contribution is 2.36. The smallest absolute Gasteiger partial charge is 0.170 e. The molecule has 3 rings (SSSR count). The largest absolute Gasteiger partial charge is 0.395 e. The van der Waals surface area contributed by atoms with Crippen LogP contribution in [0.3, 0.4) is 0 Å². The first-order valence-electron chi connectivity index (χ1n) is 6.28. The Balaban J connectivity index is 1.78. The van der Waals surface area contributed by atoms with Crippen LogP contribution in [0.2, 0.25) is 0 Å². The lowest BCUT2D eigenvalue weighted by atomic mass is 9.92. The number of halogens is 3. The van der Waals surface area contributed by atoms with Gasteiger partial charge in [-0.2, -0.15) is 13.2 Å². The van der Waals surface area contributed by atoms with Crippen LogP contribution in [0.5, 0.6) is 0 Å². The summed E-state index contributed by atoms with van der Waals surface area (Å²) in [6, 6.07) is 8.06. The number of hydrogen-bond donors (Lipinski definition) is 0. The fraction of sp³-hybridized carbons (Fsp3) is 0.250. The van der Waals surface area contributed by atoms with Crippen LogP contribution in [0.15, 0.2) is 53.6 Å². The van der Waals surface area contributed by atoms with Gasteiger partial charge in [0.15, 0.2) is 0 Å². The van der Waals surface area contributed by atoms with E-state index in [-0.39, 0.29) is 6.42 Å². The van der Waals surface area contributed by atoms with Gasteiger partial charge in [0.1, 0.15) is 0 Å². The average Bonchev–Trinajstić information content (AvgIpc) is 2.81. The van der Waals surface area contributed by atoms with Gasteiger partial charge in [0.2, 0.25) is 0 Å². The minimum absolute atomic E-state index is 0.0447. The summed E-state index contributed by atoms with van der Waals surface area (Å²) in [5.74, 6) is -1.33. The first-order chi connectivity index (χ1) is 9.04. The van der Waals surface area contributed by atoms with E-state index in [4.69, 9.17) is 0 Å². The monoisotopic (exact) mass is 262 g/mol. The summed E-state index contributed by atoms with van der Waals surface area (Å²) in [5.41, 5.74) is 4.45. The zero-order valence-electron chi connectivity index (χ0n) is 10.2. The predicted octanol–water partition coefficient (Wildman–Crippen LogP) is 4.69. The van der Waals surface area contributed by atoms with Gasteiger partial charge in [-0.25, -0.2) is 0 Å². The van der Waals surface area contributed by atoms with Crippen LogP contribution >= 0.6 is 0 Å². The second kappa shape index (κ2) is 4.41. The Morgan fingerprint density at radius 2 is 1.89 bits per heavy atom. The van der Waals surface area contributed by atoms with Gasteiger partial charge in [0.05, 0.1) is 5.92 Å². The van der Waals surface area contributed by atoms with E-state index < -0.39 is 12.1 Å². The Morgan fingerprint density at radius 3 is 2.53 bits per heavy atom. The molecule has 1 aromatic rings. The van der Waals surface area contributed by atoms with Crippen molar-refractivity contribution in [1.82, 2.24) is 0 Å². The maximum absolute atomic E-state index is 12.6.